The number of halogens is 3. The van der Waals surface area contributed by atoms with E-state index in [2.05, 4.69) is 20.6 Å². The van der Waals surface area contributed by atoms with Crippen LogP contribution in [0.3, 0.4) is 0 Å². The van der Waals surface area contributed by atoms with Crippen molar-refractivity contribution >= 4 is 29.4 Å². The summed E-state index contributed by atoms with van der Waals surface area (Å²) in [4.78, 5) is 35.4. The molecule has 1 atom stereocenters. The van der Waals surface area contributed by atoms with E-state index in [4.69, 9.17) is 11.6 Å². The number of hydrogen-bond donors (Lipinski definition) is 2. The number of benzene rings is 2. The van der Waals surface area contributed by atoms with Crippen LogP contribution >= 0.6 is 11.6 Å². The van der Waals surface area contributed by atoms with Gasteiger partial charge in [0.1, 0.15) is 23.9 Å². The second kappa shape index (κ2) is 10.5. The molecular formula is C28H26ClF2N5O2. The Balaban J connectivity index is 1.46. The van der Waals surface area contributed by atoms with Crippen molar-refractivity contribution in [3.63, 3.8) is 0 Å². The first-order chi connectivity index (χ1) is 18.2. The van der Waals surface area contributed by atoms with Crippen LogP contribution in [0.15, 0.2) is 53.5 Å². The summed E-state index contributed by atoms with van der Waals surface area (Å²) in [6.45, 7) is 2.14. The lowest BCUT2D eigenvalue weighted by Gasteiger charge is -2.20. The molecule has 0 saturated heterocycles. The molecule has 1 saturated carbocycles. The number of rotatable bonds is 7. The molecule has 196 valence electrons. The maximum atomic E-state index is 13.9. The van der Waals surface area contributed by atoms with Crippen molar-refractivity contribution in [2.75, 3.05) is 13.6 Å². The topological polar surface area (TPSA) is 86.7 Å². The minimum atomic E-state index is -0.483. The van der Waals surface area contributed by atoms with Gasteiger partial charge < -0.3 is 15.5 Å². The summed E-state index contributed by atoms with van der Waals surface area (Å²) in [5.74, 6) is -0.728. The third-order valence-corrected chi connectivity index (χ3v) is 6.97. The highest BCUT2D eigenvalue weighted by molar-refractivity contribution is 6.33. The lowest BCUT2D eigenvalue weighted by molar-refractivity contribution is -0.116. The summed E-state index contributed by atoms with van der Waals surface area (Å²) >= 11 is 6.32. The maximum Gasteiger partial charge on any atom is 0.270 e. The average molecular weight is 538 g/mol. The highest BCUT2D eigenvalue weighted by Crippen LogP contribution is 2.41. The van der Waals surface area contributed by atoms with Crippen LogP contribution in [-0.4, -0.2) is 41.3 Å². The van der Waals surface area contributed by atoms with E-state index in [1.807, 2.05) is 0 Å². The Morgan fingerprint density at radius 3 is 2.61 bits per heavy atom. The molecule has 7 nitrogen and oxygen atoms in total. The minimum Gasteiger partial charge on any atom is -0.352 e. The smallest absolute Gasteiger partial charge is 0.270 e. The SMILES string of the molecule is Cc1cc([C@@H](NC(=O)c2cc(CNC3=NC(=O)CN3C)cc(-c3ccc(F)cc3Cl)n2)C2CC2)ccc1F. The van der Waals surface area contributed by atoms with Crippen molar-refractivity contribution in [1.82, 2.24) is 20.5 Å². The maximum absolute atomic E-state index is 13.9. The summed E-state index contributed by atoms with van der Waals surface area (Å²) < 4.78 is 27.6. The number of aliphatic imine (C=N–C) groups is 1. The second-order valence-electron chi connectivity index (χ2n) is 9.71. The molecule has 2 amide bonds. The van der Waals surface area contributed by atoms with E-state index in [0.29, 0.717) is 28.3 Å². The molecule has 1 aliphatic heterocycles. The number of likely N-dealkylation sites (N-methyl/N-ethyl adjacent to an activating group) is 1. The van der Waals surface area contributed by atoms with Gasteiger partial charge in [0.15, 0.2) is 0 Å². The minimum absolute atomic E-state index is 0.155. The highest BCUT2D eigenvalue weighted by atomic mass is 35.5. The summed E-state index contributed by atoms with van der Waals surface area (Å²) in [7, 11) is 1.75. The fourth-order valence-corrected chi connectivity index (χ4v) is 4.76. The van der Waals surface area contributed by atoms with Gasteiger partial charge in [-0.05, 0) is 78.8 Å². The predicted octanol–water partition coefficient (Wildman–Crippen LogP) is 4.79. The zero-order valence-electron chi connectivity index (χ0n) is 20.9. The number of hydrogen-bond acceptors (Lipinski definition) is 5. The molecule has 2 aliphatic rings. The van der Waals surface area contributed by atoms with Crippen molar-refractivity contribution in [3.05, 3.63) is 87.6 Å². The first-order valence-electron chi connectivity index (χ1n) is 12.3. The summed E-state index contributed by atoms with van der Waals surface area (Å²) in [5.41, 5.74) is 3.07. The number of amides is 2. The number of pyridine rings is 1. The van der Waals surface area contributed by atoms with E-state index in [1.54, 1.807) is 43.1 Å². The first kappa shape index (κ1) is 25.8. The van der Waals surface area contributed by atoms with Crippen molar-refractivity contribution < 1.29 is 18.4 Å². The van der Waals surface area contributed by atoms with E-state index in [9.17, 15) is 18.4 Å². The number of guanidine groups is 1. The van der Waals surface area contributed by atoms with Gasteiger partial charge in [0, 0.05) is 19.2 Å². The van der Waals surface area contributed by atoms with Gasteiger partial charge in [0.25, 0.3) is 11.8 Å². The Labute approximate surface area is 223 Å². The number of carbonyl (C=O) groups is 2. The number of aryl methyl sites for hydroxylation is 1. The van der Waals surface area contributed by atoms with E-state index in [0.717, 1.165) is 18.4 Å². The van der Waals surface area contributed by atoms with Gasteiger partial charge in [0.2, 0.25) is 5.96 Å². The molecule has 38 heavy (non-hydrogen) atoms. The molecule has 3 aromatic rings. The molecule has 2 N–H and O–H groups in total. The lowest BCUT2D eigenvalue weighted by atomic mass is 9.99. The standard InChI is InChI=1S/C28H26ClF2N5O2/c1-15-9-18(5-8-22(15)31)26(17-3-4-17)35-27(38)24-11-16(13-32-28-34-25(37)14-36(28)2)10-23(33-24)20-7-6-19(30)12-21(20)29/h5-12,17,26H,3-4,13-14H2,1-2H3,(H,35,38)(H,32,34,37)/t26-/m0/s1. The van der Waals surface area contributed by atoms with E-state index in [1.165, 1.54) is 24.3 Å². The van der Waals surface area contributed by atoms with E-state index in [-0.39, 0.29) is 47.5 Å². The normalized spacial score (nSPS) is 15.9. The van der Waals surface area contributed by atoms with Gasteiger partial charge in [-0.25, -0.2) is 13.8 Å². The Bertz CT molecular complexity index is 1460. The molecule has 10 heteroatoms. The molecule has 0 radical (unpaired) electrons. The molecule has 1 aromatic heterocycles. The molecular weight excluding hydrogens is 512 g/mol. The van der Waals surface area contributed by atoms with Gasteiger partial charge in [0.05, 0.1) is 16.8 Å². The van der Waals surface area contributed by atoms with Crippen LogP contribution in [-0.2, 0) is 11.3 Å². The van der Waals surface area contributed by atoms with Crippen LogP contribution in [0.1, 0.15) is 46.1 Å². The van der Waals surface area contributed by atoms with Crippen LogP contribution in [0, 0.1) is 24.5 Å². The number of nitrogens with zero attached hydrogens (tertiary/aromatic N) is 3. The number of carbonyl (C=O) groups excluding carboxylic acids is 2. The predicted molar refractivity (Wildman–Crippen MR) is 141 cm³/mol. The molecule has 0 unspecified atom stereocenters. The van der Waals surface area contributed by atoms with E-state index >= 15 is 0 Å². The third kappa shape index (κ3) is 5.67. The zero-order valence-corrected chi connectivity index (χ0v) is 21.6. The van der Waals surface area contributed by atoms with Crippen LogP contribution in [0.5, 0.6) is 0 Å². The van der Waals surface area contributed by atoms with Crippen LogP contribution in [0.25, 0.3) is 11.3 Å². The van der Waals surface area contributed by atoms with Gasteiger partial charge in [-0.3, -0.25) is 9.59 Å². The fraction of sp³-hybridized carbons (Fsp3) is 0.286. The Kier molecular flexibility index (Phi) is 7.12. The van der Waals surface area contributed by atoms with Gasteiger partial charge in [-0.1, -0.05) is 23.7 Å². The van der Waals surface area contributed by atoms with Crippen molar-refractivity contribution in [1.29, 1.82) is 0 Å². The van der Waals surface area contributed by atoms with Gasteiger partial charge in [-0.2, -0.15) is 4.99 Å². The molecule has 2 aromatic carbocycles. The molecule has 5 rings (SSSR count). The fourth-order valence-electron chi connectivity index (χ4n) is 4.49. The number of aromatic nitrogens is 1. The summed E-state index contributed by atoms with van der Waals surface area (Å²) in [5, 5.41) is 6.37. The van der Waals surface area contributed by atoms with Crippen molar-refractivity contribution in [2.45, 2.75) is 32.4 Å². The Morgan fingerprint density at radius 2 is 1.95 bits per heavy atom. The average Bonchev–Trinajstić information content (AvgIpc) is 3.66. The lowest BCUT2D eigenvalue weighted by Crippen LogP contribution is -2.35. The molecule has 2 heterocycles. The van der Waals surface area contributed by atoms with Gasteiger partial charge >= 0.3 is 0 Å². The Morgan fingerprint density at radius 1 is 1.16 bits per heavy atom. The monoisotopic (exact) mass is 537 g/mol. The molecule has 1 aliphatic carbocycles. The Hall–Kier alpha value is -3.85. The van der Waals surface area contributed by atoms with Crippen molar-refractivity contribution in [3.8, 4) is 11.3 Å². The quantitative estimate of drug-likeness (QED) is 0.453. The van der Waals surface area contributed by atoms with Crippen LogP contribution in [0.2, 0.25) is 5.02 Å². The first-order valence-corrected chi connectivity index (χ1v) is 12.7. The number of nitrogens with one attached hydrogen (secondary N) is 2. The largest absolute Gasteiger partial charge is 0.352 e. The third-order valence-electron chi connectivity index (χ3n) is 6.66. The van der Waals surface area contributed by atoms with Crippen LogP contribution in [0.4, 0.5) is 8.78 Å². The van der Waals surface area contributed by atoms with Crippen molar-refractivity contribution in [2.24, 2.45) is 10.9 Å². The molecule has 0 spiro atoms. The molecule has 1 fully saturated rings. The highest BCUT2D eigenvalue weighted by Gasteiger charge is 2.34. The van der Waals surface area contributed by atoms with E-state index < -0.39 is 11.7 Å². The summed E-state index contributed by atoms with van der Waals surface area (Å²) in [6, 6.07) is 12.0. The van der Waals surface area contributed by atoms with Crippen LogP contribution < -0.4 is 10.6 Å². The van der Waals surface area contributed by atoms with Gasteiger partial charge in [-0.15, -0.1) is 0 Å². The summed E-state index contributed by atoms with van der Waals surface area (Å²) in [6.07, 6.45) is 1.92. The second-order valence-corrected chi connectivity index (χ2v) is 10.1. The molecule has 0 bridgehead atoms. The zero-order chi connectivity index (χ0) is 27.0.